The van der Waals surface area contributed by atoms with Gasteiger partial charge in [-0.3, -0.25) is 19.2 Å². The lowest BCUT2D eigenvalue weighted by atomic mass is 9.81. The summed E-state index contributed by atoms with van der Waals surface area (Å²) in [5.74, 6) is -1.54. The van der Waals surface area contributed by atoms with Crippen LogP contribution in [-0.4, -0.2) is 158 Å². The highest BCUT2D eigenvalue weighted by Gasteiger charge is 2.42. The van der Waals surface area contributed by atoms with Crippen molar-refractivity contribution in [1.29, 1.82) is 0 Å². The van der Waals surface area contributed by atoms with Crippen molar-refractivity contribution in [2.24, 2.45) is 5.41 Å². The number of hydrogen-bond donors (Lipinski definition) is 4. The molecule has 4 N–H and O–H groups in total. The van der Waals surface area contributed by atoms with Gasteiger partial charge in [-0.2, -0.15) is 0 Å². The summed E-state index contributed by atoms with van der Waals surface area (Å²) in [6, 6.07) is 10.2. The van der Waals surface area contributed by atoms with Crippen molar-refractivity contribution in [3.05, 3.63) is 63.6 Å². The predicted molar refractivity (Wildman–Crippen MR) is 247 cm³/mol. The monoisotopic (exact) mass is 973 g/mol. The van der Waals surface area contributed by atoms with Crippen LogP contribution in [0.3, 0.4) is 0 Å². The van der Waals surface area contributed by atoms with Crippen LogP contribution >= 0.6 is 35.0 Å². The van der Waals surface area contributed by atoms with E-state index in [9.17, 15) is 29.1 Å². The third-order valence-corrected chi connectivity index (χ3v) is 11.4. The van der Waals surface area contributed by atoms with E-state index < -0.39 is 23.3 Å². The van der Waals surface area contributed by atoms with E-state index in [1.165, 1.54) is 18.7 Å². The Morgan fingerprint density at radius 2 is 1.14 bits per heavy atom. The van der Waals surface area contributed by atoms with E-state index in [1.807, 2.05) is 0 Å². The molecule has 0 aliphatic heterocycles. The number of anilines is 1. The average molecular weight is 975 g/mol. The smallest absolute Gasteiger partial charge is 0.326 e. The quantitative estimate of drug-likeness (QED) is 0.0639. The number of halogens is 2. The molecule has 2 aromatic carbocycles. The second-order valence-electron chi connectivity index (χ2n) is 14.9. The number of hydrogen-bond acceptors (Lipinski definition) is 14. The molecule has 3 amide bonds. The number of carbonyl (C=O) groups is 5. The van der Waals surface area contributed by atoms with Crippen molar-refractivity contribution < 1.29 is 67.0 Å². The van der Waals surface area contributed by atoms with Crippen LogP contribution in [0.5, 0.6) is 0 Å². The number of rotatable bonds is 37. The summed E-state index contributed by atoms with van der Waals surface area (Å²) in [6.07, 6.45) is 3.43. The number of amides is 3. The lowest BCUT2D eigenvalue weighted by Gasteiger charge is -2.29. The highest BCUT2D eigenvalue weighted by molar-refractivity contribution is 8.13. The van der Waals surface area contributed by atoms with Crippen molar-refractivity contribution in [3.63, 3.8) is 0 Å². The van der Waals surface area contributed by atoms with Gasteiger partial charge in [0.25, 0.3) is 5.91 Å². The minimum atomic E-state index is -1.17. The van der Waals surface area contributed by atoms with Crippen molar-refractivity contribution in [2.45, 2.75) is 57.9 Å². The molecule has 1 unspecified atom stereocenters. The maximum absolute atomic E-state index is 13.6. The molecule has 1 aliphatic carbocycles. The van der Waals surface area contributed by atoms with Crippen LogP contribution in [0.1, 0.15) is 61.4 Å². The van der Waals surface area contributed by atoms with E-state index in [1.54, 1.807) is 42.5 Å². The fraction of sp³-hybridized carbons (Fsp3) is 0.622. The molecule has 0 saturated heterocycles. The van der Waals surface area contributed by atoms with E-state index >= 15 is 0 Å². The largest absolute Gasteiger partial charge is 0.480 e. The molecule has 0 spiro atoms. The van der Waals surface area contributed by atoms with Crippen LogP contribution in [-0.2, 0) is 63.5 Å². The summed E-state index contributed by atoms with van der Waals surface area (Å²) >= 11 is 13.5. The fourth-order valence-electron chi connectivity index (χ4n) is 6.60. The molecule has 1 saturated carbocycles. The SMILES string of the molecule is CC(=O)SCCOCCOCCOCCOCCOCCOCCOCCOCCC(=O)NCCC1(C(=O)NC(Cc2ccc(NC(=O)c3c(Cl)cccc3Cl)cc2)C(=O)O)CCCC1. The molecule has 65 heavy (non-hydrogen) atoms. The third-order valence-electron chi connectivity index (χ3n) is 10.0. The third kappa shape index (κ3) is 24.3. The van der Waals surface area contributed by atoms with Crippen molar-refractivity contribution in [2.75, 3.05) is 123 Å². The molecule has 1 fully saturated rings. The zero-order chi connectivity index (χ0) is 47.0. The van der Waals surface area contributed by atoms with Gasteiger partial charge in [0.15, 0.2) is 5.12 Å². The second-order valence-corrected chi connectivity index (χ2v) is 17.0. The van der Waals surface area contributed by atoms with Gasteiger partial charge in [0.2, 0.25) is 11.8 Å². The van der Waals surface area contributed by atoms with Gasteiger partial charge in [-0.1, -0.05) is 66.0 Å². The number of thioether (sulfide) groups is 1. The highest BCUT2D eigenvalue weighted by atomic mass is 35.5. The molecule has 1 aliphatic rings. The minimum absolute atomic E-state index is 0.0335. The van der Waals surface area contributed by atoms with Crippen molar-refractivity contribution in [3.8, 4) is 0 Å². The summed E-state index contributed by atoms with van der Waals surface area (Å²) in [6.45, 7) is 8.64. The summed E-state index contributed by atoms with van der Waals surface area (Å²) in [5.41, 5.74) is 0.479. The minimum Gasteiger partial charge on any atom is -0.480 e. The molecule has 20 heteroatoms. The van der Waals surface area contributed by atoms with Gasteiger partial charge in [-0.25, -0.2) is 4.79 Å². The Labute approximate surface area is 395 Å². The molecule has 0 radical (unpaired) electrons. The summed E-state index contributed by atoms with van der Waals surface area (Å²) < 4.78 is 43.7. The Kier molecular flexibility index (Phi) is 29.2. The van der Waals surface area contributed by atoms with Crippen LogP contribution in [0.25, 0.3) is 0 Å². The van der Waals surface area contributed by atoms with Gasteiger partial charge in [-0.15, -0.1) is 0 Å². The van der Waals surface area contributed by atoms with Crippen LogP contribution < -0.4 is 16.0 Å². The van der Waals surface area contributed by atoms with Crippen molar-refractivity contribution >= 4 is 69.5 Å². The van der Waals surface area contributed by atoms with E-state index in [4.69, 9.17) is 61.1 Å². The number of nitrogens with one attached hydrogen (secondary N) is 3. The molecular formula is C45H65Cl2N3O14S. The molecule has 0 bridgehead atoms. The van der Waals surface area contributed by atoms with Crippen molar-refractivity contribution in [1.82, 2.24) is 10.6 Å². The maximum atomic E-state index is 13.6. The van der Waals surface area contributed by atoms with Gasteiger partial charge < -0.3 is 59.0 Å². The van der Waals surface area contributed by atoms with Gasteiger partial charge in [0.1, 0.15) is 6.04 Å². The number of carbonyl (C=O) groups excluding carboxylic acids is 4. The molecule has 2 aromatic rings. The lowest BCUT2D eigenvalue weighted by molar-refractivity contribution is -0.144. The molecule has 3 rings (SSSR count). The lowest BCUT2D eigenvalue weighted by Crippen LogP contribution is -2.49. The summed E-state index contributed by atoms with van der Waals surface area (Å²) in [5, 5.41) is 18.9. The summed E-state index contributed by atoms with van der Waals surface area (Å²) in [4.78, 5) is 61.9. The Bertz CT molecular complexity index is 1680. The molecule has 17 nitrogen and oxygen atoms in total. The van der Waals surface area contributed by atoms with E-state index in [-0.39, 0.29) is 58.5 Å². The standard InChI is InChI=1S/C45H65Cl2N3O14S/c1-34(51)65-32-31-64-30-29-63-28-27-62-26-25-61-24-23-60-22-21-59-20-19-58-18-17-57-16-11-40(52)48-15-14-45(12-2-3-13-45)44(56)50-39(43(54)55)33-35-7-9-36(10-8-35)49-42(53)41-37(46)5-4-6-38(41)47/h4-10,39H,2-3,11-33H2,1H3,(H,48,52)(H,49,53)(H,50,56)(H,54,55). The Morgan fingerprint density at radius 1 is 0.677 bits per heavy atom. The second kappa shape index (κ2) is 34.0. The highest BCUT2D eigenvalue weighted by Crippen LogP contribution is 2.41. The first kappa shape index (κ1) is 55.9. The fourth-order valence-corrected chi connectivity index (χ4v) is 7.66. The number of benzene rings is 2. The van der Waals surface area contributed by atoms with Crippen LogP contribution in [0.15, 0.2) is 42.5 Å². The van der Waals surface area contributed by atoms with Gasteiger partial charge in [0.05, 0.1) is 127 Å². The molecule has 364 valence electrons. The topological polar surface area (TPSA) is 216 Å². The van der Waals surface area contributed by atoms with Crippen LogP contribution in [0.4, 0.5) is 5.69 Å². The molecular weight excluding hydrogens is 909 g/mol. The van der Waals surface area contributed by atoms with E-state index in [0.717, 1.165) is 12.8 Å². The zero-order valence-corrected chi connectivity index (χ0v) is 39.5. The molecule has 1 atom stereocenters. The molecule has 0 heterocycles. The maximum Gasteiger partial charge on any atom is 0.326 e. The van der Waals surface area contributed by atoms with Gasteiger partial charge in [0, 0.05) is 37.8 Å². The number of carboxylic acid groups (broad SMARTS) is 1. The first-order chi connectivity index (χ1) is 31.5. The normalized spacial score (nSPS) is 13.6. The van der Waals surface area contributed by atoms with Gasteiger partial charge >= 0.3 is 5.97 Å². The Balaban J connectivity index is 1.15. The Hall–Kier alpha value is -3.40. The first-order valence-electron chi connectivity index (χ1n) is 21.9. The van der Waals surface area contributed by atoms with E-state index in [0.29, 0.717) is 135 Å². The first-order valence-corrected chi connectivity index (χ1v) is 23.6. The summed E-state index contributed by atoms with van der Waals surface area (Å²) in [7, 11) is 0. The number of carboxylic acids is 1. The predicted octanol–water partition coefficient (Wildman–Crippen LogP) is 5.23. The molecule has 0 aromatic heterocycles. The van der Waals surface area contributed by atoms with Crippen LogP contribution in [0.2, 0.25) is 10.0 Å². The van der Waals surface area contributed by atoms with Crippen LogP contribution in [0, 0.1) is 5.41 Å². The number of aliphatic carboxylic acids is 1. The average Bonchev–Trinajstić information content (AvgIpc) is 3.76. The van der Waals surface area contributed by atoms with E-state index in [2.05, 4.69) is 16.0 Å². The van der Waals surface area contributed by atoms with Gasteiger partial charge in [-0.05, 0) is 49.1 Å². The zero-order valence-electron chi connectivity index (χ0n) is 37.2. The number of ether oxygens (including phenoxy) is 8. The Morgan fingerprint density at radius 3 is 1.60 bits per heavy atom.